The lowest BCUT2D eigenvalue weighted by molar-refractivity contribution is -0.384. The highest BCUT2D eigenvalue weighted by molar-refractivity contribution is 6.29. The molecule has 98 valence electrons. The number of hydrogen-bond donors (Lipinski definition) is 0. The van der Waals surface area contributed by atoms with Crippen molar-refractivity contribution in [1.82, 2.24) is 9.97 Å². The number of benzene rings is 1. The van der Waals surface area contributed by atoms with Gasteiger partial charge in [-0.25, -0.2) is 4.98 Å². The van der Waals surface area contributed by atoms with Crippen molar-refractivity contribution in [3.05, 3.63) is 63.9 Å². The molecule has 6 heteroatoms. The summed E-state index contributed by atoms with van der Waals surface area (Å²) in [6, 6.07) is 12.0. The maximum atomic E-state index is 10.9. The van der Waals surface area contributed by atoms with E-state index in [4.69, 9.17) is 11.6 Å². The van der Waals surface area contributed by atoms with Gasteiger partial charge in [-0.3, -0.25) is 15.1 Å². The lowest BCUT2D eigenvalue weighted by Gasteiger charge is -2.05. The molecule has 2 heterocycles. The van der Waals surface area contributed by atoms with Crippen LogP contribution in [0.2, 0.25) is 5.15 Å². The third-order valence-corrected chi connectivity index (χ3v) is 3.09. The summed E-state index contributed by atoms with van der Waals surface area (Å²) in [6.45, 7) is 0. The Morgan fingerprint density at radius 2 is 1.95 bits per heavy atom. The van der Waals surface area contributed by atoms with Gasteiger partial charge in [0.2, 0.25) is 0 Å². The van der Waals surface area contributed by atoms with Crippen molar-refractivity contribution < 1.29 is 4.92 Å². The Morgan fingerprint density at radius 3 is 2.75 bits per heavy atom. The number of hydrogen-bond acceptors (Lipinski definition) is 4. The van der Waals surface area contributed by atoms with E-state index in [0.29, 0.717) is 11.3 Å². The molecule has 0 amide bonds. The molecule has 0 saturated carbocycles. The van der Waals surface area contributed by atoms with Gasteiger partial charge in [0.15, 0.2) is 0 Å². The van der Waals surface area contributed by atoms with Crippen LogP contribution in [0.15, 0.2) is 48.7 Å². The van der Waals surface area contributed by atoms with Gasteiger partial charge in [0.25, 0.3) is 5.69 Å². The predicted octanol–water partition coefficient (Wildman–Crippen LogP) is 3.86. The molecule has 0 bridgehead atoms. The average Bonchev–Trinajstić information content (AvgIpc) is 2.46. The van der Waals surface area contributed by atoms with Crippen molar-refractivity contribution in [3.8, 4) is 11.3 Å². The van der Waals surface area contributed by atoms with E-state index in [0.717, 1.165) is 10.9 Å². The number of aromatic nitrogens is 2. The minimum Gasteiger partial charge on any atom is -0.258 e. The number of nitro groups is 1. The lowest BCUT2D eigenvalue weighted by Crippen LogP contribution is -1.93. The third-order valence-electron chi connectivity index (χ3n) is 2.90. The van der Waals surface area contributed by atoms with E-state index in [1.807, 2.05) is 30.3 Å². The Hall–Kier alpha value is -2.53. The second-order valence-corrected chi connectivity index (χ2v) is 4.56. The quantitative estimate of drug-likeness (QED) is 0.407. The van der Waals surface area contributed by atoms with Gasteiger partial charge in [-0.05, 0) is 6.07 Å². The highest BCUT2D eigenvalue weighted by Gasteiger charge is 2.13. The van der Waals surface area contributed by atoms with Crippen LogP contribution in [0.25, 0.3) is 22.2 Å². The van der Waals surface area contributed by atoms with Crippen LogP contribution in [0.1, 0.15) is 0 Å². The highest BCUT2D eigenvalue weighted by atomic mass is 35.5. The summed E-state index contributed by atoms with van der Waals surface area (Å²) in [7, 11) is 0. The number of rotatable bonds is 2. The summed E-state index contributed by atoms with van der Waals surface area (Å²) < 4.78 is 0. The highest BCUT2D eigenvalue weighted by Crippen LogP contribution is 2.29. The summed E-state index contributed by atoms with van der Waals surface area (Å²) in [5, 5.41) is 11.9. The maximum absolute atomic E-state index is 10.9. The van der Waals surface area contributed by atoms with Crippen molar-refractivity contribution >= 4 is 28.2 Å². The summed E-state index contributed by atoms with van der Waals surface area (Å²) >= 11 is 5.86. The van der Waals surface area contributed by atoms with Crippen molar-refractivity contribution in [3.63, 3.8) is 0 Å². The smallest absolute Gasteiger partial charge is 0.258 e. The molecular weight excluding hydrogens is 278 g/mol. The molecule has 20 heavy (non-hydrogen) atoms. The van der Waals surface area contributed by atoms with Gasteiger partial charge in [-0.1, -0.05) is 35.9 Å². The minimum atomic E-state index is -0.490. The summed E-state index contributed by atoms with van der Waals surface area (Å²) in [5.74, 6) is 0. The van der Waals surface area contributed by atoms with Gasteiger partial charge in [0.1, 0.15) is 5.15 Å². The Kier molecular flexibility index (Phi) is 3.04. The van der Waals surface area contributed by atoms with E-state index in [1.54, 1.807) is 6.20 Å². The van der Waals surface area contributed by atoms with E-state index < -0.39 is 4.92 Å². The number of fused-ring (bicyclic) bond motifs is 1. The van der Waals surface area contributed by atoms with Gasteiger partial charge >= 0.3 is 0 Å². The summed E-state index contributed by atoms with van der Waals surface area (Å²) in [4.78, 5) is 18.9. The molecule has 2 aromatic heterocycles. The van der Waals surface area contributed by atoms with E-state index in [9.17, 15) is 10.1 Å². The Bertz CT molecular complexity index is 815. The van der Waals surface area contributed by atoms with Crippen molar-refractivity contribution in [2.75, 3.05) is 0 Å². The van der Waals surface area contributed by atoms with Crippen LogP contribution in [-0.4, -0.2) is 14.9 Å². The van der Waals surface area contributed by atoms with E-state index in [1.165, 1.54) is 12.1 Å². The Balaban J connectivity index is 2.28. The largest absolute Gasteiger partial charge is 0.274 e. The third kappa shape index (κ3) is 2.19. The zero-order chi connectivity index (χ0) is 14.1. The molecule has 0 aliphatic heterocycles. The van der Waals surface area contributed by atoms with Crippen LogP contribution >= 0.6 is 11.6 Å². The van der Waals surface area contributed by atoms with Crippen LogP contribution < -0.4 is 0 Å². The second-order valence-electron chi connectivity index (χ2n) is 4.17. The lowest BCUT2D eigenvalue weighted by atomic mass is 10.1. The molecule has 3 aromatic rings. The normalized spacial score (nSPS) is 10.7. The zero-order valence-corrected chi connectivity index (χ0v) is 10.9. The van der Waals surface area contributed by atoms with Gasteiger partial charge < -0.3 is 0 Å². The molecule has 0 spiro atoms. The molecule has 0 atom stereocenters. The average molecular weight is 286 g/mol. The first-order valence-corrected chi connectivity index (χ1v) is 6.19. The Morgan fingerprint density at radius 1 is 1.15 bits per heavy atom. The summed E-state index contributed by atoms with van der Waals surface area (Å²) in [6.07, 6.45) is 1.67. The fourth-order valence-electron chi connectivity index (χ4n) is 2.04. The van der Waals surface area contributed by atoms with Gasteiger partial charge in [0.05, 0.1) is 22.2 Å². The molecule has 0 aliphatic carbocycles. The molecule has 0 aliphatic rings. The molecule has 0 N–H and O–H groups in total. The summed E-state index contributed by atoms with van der Waals surface area (Å²) in [5.41, 5.74) is 1.80. The first-order chi connectivity index (χ1) is 9.65. The predicted molar refractivity (Wildman–Crippen MR) is 76.6 cm³/mol. The molecule has 0 fully saturated rings. The fraction of sp³-hybridized carbons (Fsp3) is 0. The number of nitrogens with zero attached hydrogens (tertiary/aromatic N) is 3. The second kappa shape index (κ2) is 4.86. The SMILES string of the molecule is O=[N+]([O-])c1cc(Cl)nc(-c2cccc3cccnc23)c1. The molecule has 0 unspecified atom stereocenters. The first kappa shape index (κ1) is 12.5. The van der Waals surface area contributed by atoms with Crippen LogP contribution in [0, 0.1) is 10.1 Å². The standard InChI is InChI=1S/C14H8ClN3O2/c15-13-8-10(18(19)20)7-12(17-13)11-5-1-3-9-4-2-6-16-14(9)11/h1-8H. The van der Waals surface area contributed by atoms with E-state index in [-0.39, 0.29) is 10.8 Å². The molecule has 0 saturated heterocycles. The number of para-hydroxylation sites is 1. The molecular formula is C14H8ClN3O2. The monoisotopic (exact) mass is 285 g/mol. The van der Waals surface area contributed by atoms with Crippen molar-refractivity contribution in [2.45, 2.75) is 0 Å². The van der Waals surface area contributed by atoms with Crippen LogP contribution in [0.3, 0.4) is 0 Å². The van der Waals surface area contributed by atoms with Crippen molar-refractivity contribution in [1.29, 1.82) is 0 Å². The van der Waals surface area contributed by atoms with Crippen LogP contribution in [0.4, 0.5) is 5.69 Å². The van der Waals surface area contributed by atoms with Crippen molar-refractivity contribution in [2.24, 2.45) is 0 Å². The van der Waals surface area contributed by atoms with Crippen LogP contribution in [0.5, 0.6) is 0 Å². The first-order valence-electron chi connectivity index (χ1n) is 5.81. The van der Waals surface area contributed by atoms with Gasteiger partial charge in [-0.15, -0.1) is 0 Å². The number of pyridine rings is 2. The van der Waals surface area contributed by atoms with Crippen LogP contribution in [-0.2, 0) is 0 Å². The zero-order valence-electron chi connectivity index (χ0n) is 10.2. The molecule has 1 aromatic carbocycles. The van der Waals surface area contributed by atoms with Gasteiger partial charge in [-0.2, -0.15) is 0 Å². The molecule has 3 rings (SSSR count). The Labute approximate surface area is 119 Å². The molecule has 5 nitrogen and oxygen atoms in total. The minimum absolute atomic E-state index is 0.0853. The fourth-order valence-corrected chi connectivity index (χ4v) is 2.24. The van der Waals surface area contributed by atoms with E-state index in [2.05, 4.69) is 9.97 Å². The topological polar surface area (TPSA) is 68.9 Å². The van der Waals surface area contributed by atoms with E-state index >= 15 is 0 Å². The maximum Gasteiger partial charge on any atom is 0.274 e. The number of halogens is 1. The van der Waals surface area contributed by atoms with Gasteiger partial charge in [0, 0.05) is 23.2 Å². The molecule has 0 radical (unpaired) electrons.